The van der Waals surface area contributed by atoms with Gasteiger partial charge in [0, 0.05) is 0 Å². The van der Waals surface area contributed by atoms with E-state index in [0.29, 0.717) is 5.75 Å². The van der Waals surface area contributed by atoms with Crippen LogP contribution < -0.4 is 0 Å². The lowest BCUT2D eigenvalue weighted by molar-refractivity contribution is -0.146. The Morgan fingerprint density at radius 2 is 1.27 bits per heavy atom. The molecule has 1 rings (SSSR count). The first kappa shape index (κ1) is 18.5. The molecule has 0 saturated carbocycles. The average molecular weight is 306 g/mol. The third-order valence-corrected chi connectivity index (χ3v) is 4.14. The number of phenolic OH excluding ortho intramolecular Hbond substituents is 1. The summed E-state index contributed by atoms with van der Waals surface area (Å²) in [4.78, 5) is 12.2. The van der Waals surface area contributed by atoms with Crippen molar-refractivity contribution in [1.82, 2.24) is 0 Å². The molecule has 1 N–H and O–H groups in total. The Balaban J connectivity index is 3.73. The molecule has 1 aromatic rings. The zero-order valence-corrected chi connectivity index (χ0v) is 15.4. The lowest BCUT2D eigenvalue weighted by atomic mass is 9.74. The topological polar surface area (TPSA) is 46.5 Å². The molecule has 22 heavy (non-hydrogen) atoms. The van der Waals surface area contributed by atoms with Crippen molar-refractivity contribution in [1.29, 1.82) is 0 Å². The van der Waals surface area contributed by atoms with Crippen molar-refractivity contribution in [2.75, 3.05) is 7.11 Å². The van der Waals surface area contributed by atoms with Crippen LogP contribution in [0.15, 0.2) is 12.1 Å². The Kier molecular flexibility index (Phi) is 4.72. The molecular formula is C19H30O3. The average Bonchev–Trinajstić information content (AvgIpc) is 2.34. The van der Waals surface area contributed by atoms with Crippen LogP contribution >= 0.6 is 0 Å². The number of methoxy groups -OCH3 is 1. The summed E-state index contributed by atoms with van der Waals surface area (Å²) in [7, 11) is 1.40. The van der Waals surface area contributed by atoms with Gasteiger partial charge in [-0.2, -0.15) is 0 Å². The van der Waals surface area contributed by atoms with E-state index in [1.165, 1.54) is 7.11 Å². The number of hydrogen-bond donors (Lipinski definition) is 1. The minimum atomic E-state index is -0.761. The molecule has 0 amide bonds. The number of carbonyl (C=O) groups is 1. The Morgan fingerprint density at radius 3 is 1.55 bits per heavy atom. The molecular weight excluding hydrogens is 276 g/mol. The SMILES string of the molecule is COC(=O)C(C)(C)c1cc(C(C)(C)C)c(O)c(C(C)(C)C)c1. The van der Waals surface area contributed by atoms with Gasteiger partial charge in [0.25, 0.3) is 0 Å². The zero-order valence-electron chi connectivity index (χ0n) is 15.4. The number of benzene rings is 1. The van der Waals surface area contributed by atoms with Crippen molar-refractivity contribution in [3.8, 4) is 5.75 Å². The van der Waals surface area contributed by atoms with E-state index in [0.717, 1.165) is 16.7 Å². The quantitative estimate of drug-likeness (QED) is 0.822. The van der Waals surface area contributed by atoms with Crippen LogP contribution in [0.2, 0.25) is 0 Å². The fourth-order valence-corrected chi connectivity index (χ4v) is 2.51. The van der Waals surface area contributed by atoms with Crippen LogP contribution in [0.5, 0.6) is 5.75 Å². The molecule has 3 heteroatoms. The Bertz CT molecular complexity index is 534. The highest BCUT2D eigenvalue weighted by atomic mass is 16.5. The summed E-state index contributed by atoms with van der Waals surface area (Å²) in [5.41, 5.74) is 1.38. The molecule has 124 valence electrons. The van der Waals surface area contributed by atoms with Crippen LogP contribution in [0.1, 0.15) is 72.1 Å². The summed E-state index contributed by atoms with van der Waals surface area (Å²) >= 11 is 0. The summed E-state index contributed by atoms with van der Waals surface area (Å²) < 4.78 is 4.95. The largest absolute Gasteiger partial charge is 0.507 e. The fourth-order valence-electron chi connectivity index (χ4n) is 2.51. The summed E-state index contributed by atoms with van der Waals surface area (Å²) in [6.07, 6.45) is 0. The molecule has 0 aliphatic carbocycles. The Labute approximate surface area is 134 Å². The van der Waals surface area contributed by atoms with Gasteiger partial charge in [0.15, 0.2) is 0 Å². The molecule has 0 radical (unpaired) electrons. The third-order valence-electron chi connectivity index (χ3n) is 4.14. The first-order valence-corrected chi connectivity index (χ1v) is 7.69. The van der Waals surface area contributed by atoms with Gasteiger partial charge in [-0.1, -0.05) is 53.7 Å². The number of aromatic hydroxyl groups is 1. The fraction of sp³-hybridized carbons (Fsp3) is 0.632. The maximum Gasteiger partial charge on any atom is 0.315 e. The maximum atomic E-state index is 12.2. The number of hydrogen-bond acceptors (Lipinski definition) is 3. The van der Waals surface area contributed by atoms with Gasteiger partial charge in [0.05, 0.1) is 12.5 Å². The number of phenols is 1. The van der Waals surface area contributed by atoms with Crippen molar-refractivity contribution in [3.63, 3.8) is 0 Å². The van der Waals surface area contributed by atoms with E-state index in [1.807, 2.05) is 26.0 Å². The molecule has 0 unspecified atom stereocenters. The van der Waals surface area contributed by atoms with Crippen LogP contribution in [0.4, 0.5) is 0 Å². The molecule has 0 bridgehead atoms. The van der Waals surface area contributed by atoms with Gasteiger partial charge in [0.2, 0.25) is 0 Å². The highest BCUT2D eigenvalue weighted by molar-refractivity contribution is 5.82. The summed E-state index contributed by atoms with van der Waals surface area (Å²) in [6.45, 7) is 16.1. The normalized spacial score (nSPS) is 13.1. The first-order chi connectivity index (χ1) is 9.72. The molecule has 1 aromatic carbocycles. The molecule has 0 atom stereocenters. The lowest BCUT2D eigenvalue weighted by Gasteiger charge is -2.31. The third kappa shape index (κ3) is 3.45. The smallest absolute Gasteiger partial charge is 0.315 e. The highest BCUT2D eigenvalue weighted by Crippen LogP contribution is 2.42. The number of esters is 1. The molecule has 0 fully saturated rings. The highest BCUT2D eigenvalue weighted by Gasteiger charge is 2.35. The minimum absolute atomic E-state index is 0.216. The van der Waals surface area contributed by atoms with Crippen molar-refractivity contribution >= 4 is 5.97 Å². The summed E-state index contributed by atoms with van der Waals surface area (Å²) in [5.74, 6) is 0.0438. The van der Waals surface area contributed by atoms with Gasteiger partial charge >= 0.3 is 5.97 Å². The molecule has 0 spiro atoms. The molecule has 3 nitrogen and oxygen atoms in total. The van der Waals surface area contributed by atoms with E-state index in [9.17, 15) is 9.90 Å². The second-order valence-corrected chi connectivity index (χ2v) is 8.54. The summed E-state index contributed by atoms with van der Waals surface area (Å²) in [6, 6.07) is 3.86. The predicted molar refractivity (Wildman–Crippen MR) is 90.5 cm³/mol. The van der Waals surface area contributed by atoms with Gasteiger partial charge in [-0.25, -0.2) is 0 Å². The van der Waals surface area contributed by atoms with Crippen LogP contribution in [0.3, 0.4) is 0 Å². The zero-order chi connectivity index (χ0) is 17.5. The number of rotatable bonds is 2. The van der Waals surface area contributed by atoms with Crippen LogP contribution in [0, 0.1) is 0 Å². The Morgan fingerprint density at radius 1 is 0.909 bits per heavy atom. The number of carbonyl (C=O) groups excluding carboxylic acids is 1. The number of ether oxygens (including phenoxy) is 1. The van der Waals surface area contributed by atoms with Crippen molar-refractivity contribution in [3.05, 3.63) is 28.8 Å². The molecule has 0 aliphatic rings. The van der Waals surface area contributed by atoms with E-state index in [1.54, 1.807) is 0 Å². The van der Waals surface area contributed by atoms with E-state index in [2.05, 4.69) is 41.5 Å². The second kappa shape index (κ2) is 5.60. The monoisotopic (exact) mass is 306 g/mol. The van der Waals surface area contributed by atoms with E-state index in [-0.39, 0.29) is 16.8 Å². The van der Waals surface area contributed by atoms with Gasteiger partial charge in [-0.15, -0.1) is 0 Å². The molecule has 0 aromatic heterocycles. The standard InChI is InChI=1S/C19H30O3/c1-17(2,3)13-10-12(19(7,8)16(21)22-9)11-14(15(13)20)18(4,5)6/h10-11,20H,1-9H3. The van der Waals surface area contributed by atoms with Crippen LogP contribution in [-0.2, 0) is 25.8 Å². The van der Waals surface area contributed by atoms with Crippen LogP contribution in [-0.4, -0.2) is 18.2 Å². The van der Waals surface area contributed by atoms with Gasteiger partial charge < -0.3 is 9.84 Å². The lowest BCUT2D eigenvalue weighted by Crippen LogP contribution is -2.31. The van der Waals surface area contributed by atoms with Crippen LogP contribution in [0.25, 0.3) is 0 Å². The van der Waals surface area contributed by atoms with Crippen molar-refractivity contribution in [2.45, 2.75) is 71.6 Å². The van der Waals surface area contributed by atoms with Gasteiger partial charge in [-0.3, -0.25) is 4.79 Å². The van der Waals surface area contributed by atoms with Crippen molar-refractivity contribution in [2.24, 2.45) is 0 Å². The maximum absolute atomic E-state index is 12.2. The molecule has 0 saturated heterocycles. The predicted octanol–water partition coefficient (Wildman–Crippen LogP) is 4.44. The summed E-state index contributed by atoms with van der Waals surface area (Å²) in [5, 5.41) is 10.7. The Hall–Kier alpha value is -1.51. The minimum Gasteiger partial charge on any atom is -0.507 e. The van der Waals surface area contributed by atoms with E-state index < -0.39 is 5.41 Å². The van der Waals surface area contributed by atoms with Gasteiger partial charge in [-0.05, 0) is 41.4 Å². The van der Waals surface area contributed by atoms with Gasteiger partial charge in [0.1, 0.15) is 5.75 Å². The van der Waals surface area contributed by atoms with E-state index in [4.69, 9.17) is 4.74 Å². The van der Waals surface area contributed by atoms with Crippen molar-refractivity contribution < 1.29 is 14.6 Å². The first-order valence-electron chi connectivity index (χ1n) is 7.69. The van der Waals surface area contributed by atoms with E-state index >= 15 is 0 Å². The second-order valence-electron chi connectivity index (χ2n) is 8.54. The molecule has 0 aliphatic heterocycles. The molecule has 0 heterocycles.